The van der Waals surface area contributed by atoms with E-state index in [2.05, 4.69) is 10.4 Å². The molecule has 0 amide bonds. The summed E-state index contributed by atoms with van der Waals surface area (Å²) in [5, 5.41) is 8.08. The minimum Gasteiger partial charge on any atom is -0.379 e. The summed E-state index contributed by atoms with van der Waals surface area (Å²) >= 11 is 6.27. The lowest BCUT2D eigenvalue weighted by molar-refractivity contribution is -0.122. The van der Waals surface area contributed by atoms with Crippen LogP contribution in [-0.2, 0) is 29.4 Å². The number of nitrogens with one attached hydrogen (secondary N) is 1. The zero-order valence-electron chi connectivity index (χ0n) is 11.6. The van der Waals surface area contributed by atoms with Crippen molar-refractivity contribution in [3.05, 3.63) is 16.4 Å². The Morgan fingerprint density at radius 2 is 2.32 bits per heavy atom. The van der Waals surface area contributed by atoms with Crippen molar-refractivity contribution in [3.63, 3.8) is 0 Å². The number of hydrogen-bond acceptors (Lipinski definition) is 4. The highest BCUT2D eigenvalue weighted by molar-refractivity contribution is 6.32. The van der Waals surface area contributed by atoms with Gasteiger partial charge in [0.1, 0.15) is 5.78 Å². The van der Waals surface area contributed by atoms with Crippen LogP contribution in [0, 0.1) is 5.92 Å². The van der Waals surface area contributed by atoms with Gasteiger partial charge in [-0.2, -0.15) is 5.10 Å². The Bertz CT molecular complexity index is 473. The first-order chi connectivity index (χ1) is 9.08. The highest BCUT2D eigenvalue weighted by Crippen LogP contribution is 2.24. The maximum absolute atomic E-state index is 12.4. The number of carbonyl (C=O) groups excluding carboxylic acids is 1. The molecule has 1 aliphatic heterocycles. The van der Waals surface area contributed by atoms with Crippen LogP contribution in [0.3, 0.4) is 0 Å². The molecule has 1 aromatic heterocycles. The molecule has 0 radical (unpaired) electrons. The van der Waals surface area contributed by atoms with Gasteiger partial charge in [0.15, 0.2) is 0 Å². The summed E-state index contributed by atoms with van der Waals surface area (Å²) in [5.41, 5.74) is 1.64. The highest BCUT2D eigenvalue weighted by Gasteiger charge is 2.33. The van der Waals surface area contributed by atoms with Gasteiger partial charge in [0.2, 0.25) is 0 Å². The number of ketones is 1. The number of ether oxygens (including phenoxy) is 1. The predicted molar refractivity (Wildman–Crippen MR) is 73.5 cm³/mol. The van der Waals surface area contributed by atoms with Crippen LogP contribution in [-0.4, -0.2) is 41.9 Å². The van der Waals surface area contributed by atoms with Gasteiger partial charge < -0.3 is 10.1 Å². The number of rotatable bonds is 5. The SMILES string of the molecule is CCc1nn(C)c(CC(=O)C2COCC2NC)c1Cl. The van der Waals surface area contributed by atoms with Gasteiger partial charge in [-0.15, -0.1) is 0 Å². The number of halogens is 1. The molecule has 0 aromatic carbocycles. The number of aryl methyl sites for hydroxylation is 2. The van der Waals surface area contributed by atoms with Gasteiger partial charge in [-0.05, 0) is 13.5 Å². The van der Waals surface area contributed by atoms with E-state index in [0.717, 1.165) is 17.8 Å². The van der Waals surface area contributed by atoms with Gasteiger partial charge in [0, 0.05) is 13.1 Å². The smallest absolute Gasteiger partial charge is 0.145 e. The summed E-state index contributed by atoms with van der Waals surface area (Å²) in [6.07, 6.45) is 1.08. The van der Waals surface area contributed by atoms with Crippen LogP contribution in [0.25, 0.3) is 0 Å². The molecule has 1 aromatic rings. The third kappa shape index (κ3) is 2.83. The van der Waals surface area contributed by atoms with Gasteiger partial charge >= 0.3 is 0 Å². The Balaban J connectivity index is 2.13. The van der Waals surface area contributed by atoms with Gasteiger partial charge in [0.05, 0.1) is 42.0 Å². The summed E-state index contributed by atoms with van der Waals surface area (Å²) in [4.78, 5) is 12.4. The Labute approximate surface area is 118 Å². The minimum atomic E-state index is -0.0963. The van der Waals surface area contributed by atoms with E-state index in [9.17, 15) is 4.79 Å². The minimum absolute atomic E-state index is 0.0963. The maximum atomic E-state index is 12.4. The van der Waals surface area contributed by atoms with Gasteiger partial charge in [-0.25, -0.2) is 0 Å². The molecule has 19 heavy (non-hydrogen) atoms. The summed E-state index contributed by atoms with van der Waals surface area (Å²) < 4.78 is 7.08. The van der Waals surface area contributed by atoms with Crippen LogP contribution >= 0.6 is 11.6 Å². The van der Waals surface area contributed by atoms with E-state index in [0.29, 0.717) is 24.7 Å². The van der Waals surface area contributed by atoms with Crippen LogP contribution in [0.4, 0.5) is 0 Å². The number of aromatic nitrogens is 2. The lowest BCUT2D eigenvalue weighted by Gasteiger charge is -2.15. The molecule has 2 rings (SSSR count). The molecule has 1 fully saturated rings. The molecule has 0 aliphatic carbocycles. The second-order valence-electron chi connectivity index (χ2n) is 4.87. The van der Waals surface area contributed by atoms with Crippen molar-refractivity contribution in [1.82, 2.24) is 15.1 Å². The standard InChI is InChI=1S/C13H20ClN3O2/c1-4-9-13(14)11(17(3)16-9)5-12(18)8-6-19-7-10(8)15-2/h8,10,15H,4-7H2,1-3H3. The van der Waals surface area contributed by atoms with Crippen LogP contribution < -0.4 is 5.32 Å². The van der Waals surface area contributed by atoms with E-state index in [1.165, 1.54) is 0 Å². The van der Waals surface area contributed by atoms with Crippen molar-refractivity contribution in [1.29, 1.82) is 0 Å². The van der Waals surface area contributed by atoms with Crippen molar-refractivity contribution in [2.24, 2.45) is 13.0 Å². The number of nitrogens with zero attached hydrogens (tertiary/aromatic N) is 2. The molecule has 0 saturated carbocycles. The Hall–Kier alpha value is -0.910. The molecule has 2 heterocycles. The number of hydrogen-bond donors (Lipinski definition) is 1. The quantitative estimate of drug-likeness (QED) is 0.876. The Morgan fingerprint density at radius 3 is 2.89 bits per heavy atom. The van der Waals surface area contributed by atoms with Crippen LogP contribution in [0.1, 0.15) is 18.3 Å². The molecule has 1 aliphatic rings. The van der Waals surface area contributed by atoms with Crippen molar-refractivity contribution in [3.8, 4) is 0 Å². The molecule has 1 N–H and O–H groups in total. The van der Waals surface area contributed by atoms with E-state index in [4.69, 9.17) is 16.3 Å². The first-order valence-corrected chi connectivity index (χ1v) is 6.94. The van der Waals surface area contributed by atoms with Gasteiger partial charge in [-0.1, -0.05) is 18.5 Å². The molecule has 2 unspecified atom stereocenters. The molecule has 6 heteroatoms. The maximum Gasteiger partial charge on any atom is 0.145 e. The fourth-order valence-electron chi connectivity index (χ4n) is 2.46. The summed E-state index contributed by atoms with van der Waals surface area (Å²) in [5.74, 6) is 0.0606. The zero-order valence-corrected chi connectivity index (χ0v) is 12.3. The molecule has 2 atom stereocenters. The first-order valence-electron chi connectivity index (χ1n) is 6.56. The lowest BCUT2D eigenvalue weighted by Crippen LogP contribution is -2.37. The largest absolute Gasteiger partial charge is 0.379 e. The molecule has 5 nitrogen and oxygen atoms in total. The monoisotopic (exact) mass is 285 g/mol. The van der Waals surface area contributed by atoms with E-state index in [1.807, 2.05) is 21.0 Å². The summed E-state index contributed by atoms with van der Waals surface area (Å²) in [7, 11) is 3.68. The van der Waals surface area contributed by atoms with Crippen LogP contribution in [0.15, 0.2) is 0 Å². The average molecular weight is 286 g/mol. The van der Waals surface area contributed by atoms with E-state index < -0.39 is 0 Å². The average Bonchev–Trinajstić information content (AvgIpc) is 2.97. The topological polar surface area (TPSA) is 56.2 Å². The molecule has 0 bridgehead atoms. The second kappa shape index (κ2) is 6.03. The van der Waals surface area contributed by atoms with Crippen molar-refractivity contribution >= 4 is 17.4 Å². The molecular weight excluding hydrogens is 266 g/mol. The molecule has 1 saturated heterocycles. The zero-order chi connectivity index (χ0) is 14.0. The van der Waals surface area contributed by atoms with Crippen molar-refractivity contribution in [2.75, 3.05) is 20.3 Å². The molecule has 0 spiro atoms. The second-order valence-corrected chi connectivity index (χ2v) is 5.24. The summed E-state index contributed by atoms with van der Waals surface area (Å²) in [6, 6.07) is 0.102. The predicted octanol–water partition coefficient (Wildman–Crippen LogP) is 0.982. The Kier molecular flexibility index (Phi) is 4.60. The fraction of sp³-hybridized carbons (Fsp3) is 0.692. The molecule has 106 valence electrons. The highest BCUT2D eigenvalue weighted by atomic mass is 35.5. The lowest BCUT2D eigenvalue weighted by atomic mass is 9.95. The molecular formula is C13H20ClN3O2. The first kappa shape index (κ1) is 14.5. The summed E-state index contributed by atoms with van der Waals surface area (Å²) in [6.45, 7) is 3.08. The van der Waals surface area contributed by atoms with Crippen molar-refractivity contribution in [2.45, 2.75) is 25.8 Å². The van der Waals surface area contributed by atoms with Crippen LogP contribution in [0.5, 0.6) is 0 Å². The number of carbonyl (C=O) groups is 1. The van der Waals surface area contributed by atoms with E-state index >= 15 is 0 Å². The third-order valence-electron chi connectivity index (χ3n) is 3.71. The Morgan fingerprint density at radius 1 is 1.58 bits per heavy atom. The van der Waals surface area contributed by atoms with E-state index in [-0.39, 0.29) is 17.7 Å². The van der Waals surface area contributed by atoms with Crippen LogP contribution in [0.2, 0.25) is 5.02 Å². The van der Waals surface area contributed by atoms with Crippen molar-refractivity contribution < 1.29 is 9.53 Å². The van der Waals surface area contributed by atoms with E-state index in [1.54, 1.807) is 4.68 Å². The number of Topliss-reactive ketones (excluding diaryl/α,β-unsaturated/α-hetero) is 1. The van der Waals surface area contributed by atoms with Gasteiger partial charge in [0.25, 0.3) is 0 Å². The van der Waals surface area contributed by atoms with Gasteiger partial charge in [-0.3, -0.25) is 9.48 Å². The third-order valence-corrected chi connectivity index (χ3v) is 4.15. The normalized spacial score (nSPS) is 22.9. The fourth-order valence-corrected chi connectivity index (χ4v) is 2.82. The number of likely N-dealkylation sites (N-methyl/N-ethyl adjacent to an activating group) is 1.